The van der Waals surface area contributed by atoms with Gasteiger partial charge in [0.15, 0.2) is 5.75 Å². The van der Waals surface area contributed by atoms with E-state index in [1.165, 1.54) is 0 Å². The Balaban J connectivity index is 2.12. The molecular weight excluding hydrogens is 366 g/mol. The number of pyridine rings is 2. The highest BCUT2D eigenvalue weighted by Gasteiger charge is 2.39. The van der Waals surface area contributed by atoms with E-state index in [1.807, 2.05) is 39.0 Å². The lowest BCUT2D eigenvalue weighted by Gasteiger charge is -2.24. The largest absolute Gasteiger partial charge is 0.491 e. The molecule has 2 aromatic rings. The average Bonchev–Trinajstić information content (AvgIpc) is 3.01. The van der Waals surface area contributed by atoms with E-state index in [2.05, 4.69) is 18.5 Å². The molecule has 1 atom stereocenters. The molecule has 0 fully saturated rings. The summed E-state index contributed by atoms with van der Waals surface area (Å²) in [5.74, 6) is 0.976. The number of methoxy groups -OCH3 is 1. The van der Waals surface area contributed by atoms with Crippen molar-refractivity contribution in [1.82, 2.24) is 14.9 Å². The lowest BCUT2D eigenvalue weighted by Crippen LogP contribution is -2.26. The minimum Gasteiger partial charge on any atom is -0.491 e. The van der Waals surface area contributed by atoms with Crippen LogP contribution >= 0.6 is 0 Å². The second-order valence-corrected chi connectivity index (χ2v) is 6.77. The van der Waals surface area contributed by atoms with Gasteiger partial charge in [-0.3, -0.25) is 9.69 Å². The van der Waals surface area contributed by atoms with Crippen molar-refractivity contribution in [3.8, 4) is 22.9 Å². The first-order valence-electron chi connectivity index (χ1n) is 9.81. The van der Waals surface area contributed by atoms with E-state index in [9.17, 15) is 4.79 Å². The molecule has 0 saturated heterocycles. The Morgan fingerprint density at radius 1 is 1.34 bits per heavy atom. The van der Waals surface area contributed by atoms with Gasteiger partial charge in [0.2, 0.25) is 0 Å². The topological polar surface area (TPSA) is 64.6 Å². The molecule has 2 aromatic heterocycles. The van der Waals surface area contributed by atoms with Crippen LogP contribution in [0.15, 0.2) is 42.8 Å². The number of amides is 1. The van der Waals surface area contributed by atoms with Gasteiger partial charge in [-0.1, -0.05) is 19.6 Å². The Hall–Kier alpha value is -3.15. The standard InChI is InChI=1S/C23H27N3O3/c1-7-16(8-2)26-18(9-3)21-20(23(26)27)14(5)11-17(25-21)15-12-19(28-6)22(24-13-15)29-10-4/h7-8,11-13,18H,1,9-10H2,2-6H3/b16-8+. The molecule has 1 aliphatic rings. The maximum atomic E-state index is 13.2. The van der Waals surface area contributed by atoms with Gasteiger partial charge in [-0.05, 0) is 51.0 Å². The van der Waals surface area contributed by atoms with Crippen molar-refractivity contribution in [3.63, 3.8) is 0 Å². The predicted octanol–water partition coefficient (Wildman–Crippen LogP) is 4.86. The summed E-state index contributed by atoms with van der Waals surface area (Å²) < 4.78 is 10.9. The van der Waals surface area contributed by atoms with Crippen LogP contribution in [0.3, 0.4) is 0 Å². The van der Waals surface area contributed by atoms with Crippen LogP contribution in [-0.4, -0.2) is 34.5 Å². The zero-order chi connectivity index (χ0) is 21.1. The third-order valence-corrected chi connectivity index (χ3v) is 5.09. The van der Waals surface area contributed by atoms with Gasteiger partial charge >= 0.3 is 0 Å². The van der Waals surface area contributed by atoms with Crippen LogP contribution in [0.1, 0.15) is 54.8 Å². The number of hydrogen-bond acceptors (Lipinski definition) is 5. The Morgan fingerprint density at radius 3 is 2.69 bits per heavy atom. The molecule has 1 aliphatic heterocycles. The number of aromatic nitrogens is 2. The van der Waals surface area contributed by atoms with E-state index in [4.69, 9.17) is 14.5 Å². The molecule has 0 N–H and O–H groups in total. The number of carbonyl (C=O) groups excluding carboxylic acids is 1. The first-order chi connectivity index (χ1) is 14.0. The van der Waals surface area contributed by atoms with Gasteiger partial charge < -0.3 is 9.47 Å². The Bertz CT molecular complexity index is 982. The van der Waals surface area contributed by atoms with Crippen LogP contribution in [0.5, 0.6) is 11.6 Å². The summed E-state index contributed by atoms with van der Waals surface area (Å²) in [6, 6.07) is 3.66. The minimum absolute atomic E-state index is 0.0289. The fourth-order valence-corrected chi connectivity index (χ4v) is 3.74. The highest BCUT2D eigenvalue weighted by molar-refractivity contribution is 6.01. The maximum absolute atomic E-state index is 13.2. The molecule has 0 spiro atoms. The van der Waals surface area contributed by atoms with Crippen molar-refractivity contribution in [1.29, 1.82) is 0 Å². The molecule has 29 heavy (non-hydrogen) atoms. The second kappa shape index (κ2) is 8.47. The summed E-state index contributed by atoms with van der Waals surface area (Å²) in [6.07, 6.45) is 6.09. The zero-order valence-corrected chi connectivity index (χ0v) is 17.7. The summed E-state index contributed by atoms with van der Waals surface area (Å²) >= 11 is 0. The van der Waals surface area contributed by atoms with Gasteiger partial charge in [-0.25, -0.2) is 9.97 Å². The Labute approximate surface area is 171 Å². The van der Waals surface area contributed by atoms with Crippen molar-refractivity contribution < 1.29 is 14.3 Å². The fourth-order valence-electron chi connectivity index (χ4n) is 3.74. The predicted molar refractivity (Wildman–Crippen MR) is 113 cm³/mol. The van der Waals surface area contributed by atoms with Crippen LogP contribution < -0.4 is 9.47 Å². The monoisotopic (exact) mass is 393 g/mol. The third-order valence-electron chi connectivity index (χ3n) is 5.09. The highest BCUT2D eigenvalue weighted by atomic mass is 16.5. The highest BCUT2D eigenvalue weighted by Crippen LogP contribution is 2.41. The smallest absolute Gasteiger partial charge is 0.261 e. The van der Waals surface area contributed by atoms with Gasteiger partial charge in [0.1, 0.15) is 0 Å². The molecular formula is C23H27N3O3. The normalized spacial score (nSPS) is 16.0. The average molecular weight is 393 g/mol. The number of ether oxygens (including phenoxy) is 2. The number of aryl methyl sites for hydroxylation is 1. The van der Waals surface area contributed by atoms with Gasteiger partial charge in [0.05, 0.1) is 36.7 Å². The van der Waals surface area contributed by atoms with Crippen LogP contribution in [-0.2, 0) is 0 Å². The number of nitrogens with zero attached hydrogens (tertiary/aromatic N) is 3. The summed E-state index contributed by atoms with van der Waals surface area (Å²) in [5, 5.41) is 0. The van der Waals surface area contributed by atoms with Crippen molar-refractivity contribution in [2.24, 2.45) is 0 Å². The number of hydrogen-bond donors (Lipinski definition) is 0. The zero-order valence-electron chi connectivity index (χ0n) is 17.7. The van der Waals surface area contributed by atoms with E-state index < -0.39 is 0 Å². The van der Waals surface area contributed by atoms with Crippen LogP contribution in [0.2, 0.25) is 0 Å². The van der Waals surface area contributed by atoms with Crippen LogP contribution in [0.25, 0.3) is 11.3 Å². The Kier molecular flexibility index (Phi) is 6.01. The molecule has 0 bridgehead atoms. The van der Waals surface area contributed by atoms with Gasteiger partial charge in [-0.2, -0.15) is 0 Å². The molecule has 6 nitrogen and oxygen atoms in total. The van der Waals surface area contributed by atoms with Gasteiger partial charge in [0.25, 0.3) is 11.8 Å². The molecule has 0 radical (unpaired) electrons. The lowest BCUT2D eigenvalue weighted by molar-refractivity contribution is 0.0789. The number of carbonyl (C=O) groups is 1. The van der Waals surface area contributed by atoms with Crippen molar-refractivity contribution in [2.75, 3.05) is 13.7 Å². The second-order valence-electron chi connectivity index (χ2n) is 6.77. The molecule has 6 heteroatoms. The van der Waals surface area contributed by atoms with E-state index >= 15 is 0 Å². The SMILES string of the molecule is C=C/C(=C\C)N1C(=O)c2c(C)cc(-c3cnc(OCC)c(OC)c3)nc2C1CC. The summed E-state index contributed by atoms with van der Waals surface area (Å²) in [5.41, 5.74) is 4.72. The van der Waals surface area contributed by atoms with Crippen molar-refractivity contribution in [3.05, 3.63) is 59.6 Å². The number of fused-ring (bicyclic) bond motifs is 1. The molecule has 0 aliphatic carbocycles. The lowest BCUT2D eigenvalue weighted by atomic mass is 10.0. The molecule has 0 saturated carbocycles. The summed E-state index contributed by atoms with van der Waals surface area (Å²) in [7, 11) is 1.59. The van der Waals surface area contributed by atoms with E-state index in [0.29, 0.717) is 23.8 Å². The Morgan fingerprint density at radius 2 is 2.10 bits per heavy atom. The molecule has 3 rings (SSSR count). The molecule has 1 amide bonds. The van der Waals surface area contributed by atoms with Crippen molar-refractivity contribution in [2.45, 2.75) is 40.2 Å². The first kappa shape index (κ1) is 20.6. The quantitative estimate of drug-likeness (QED) is 0.629. The molecule has 1 unspecified atom stereocenters. The fraction of sp³-hybridized carbons (Fsp3) is 0.348. The molecule has 152 valence electrons. The van der Waals surface area contributed by atoms with Gasteiger partial charge in [-0.15, -0.1) is 0 Å². The van der Waals surface area contributed by atoms with Crippen LogP contribution in [0, 0.1) is 6.92 Å². The molecule has 3 heterocycles. The van der Waals surface area contributed by atoms with E-state index in [1.54, 1.807) is 24.3 Å². The van der Waals surface area contributed by atoms with E-state index in [0.717, 1.165) is 34.6 Å². The summed E-state index contributed by atoms with van der Waals surface area (Å²) in [4.78, 5) is 24.2. The summed E-state index contributed by atoms with van der Waals surface area (Å²) in [6.45, 7) is 12.2. The minimum atomic E-state index is -0.127. The van der Waals surface area contributed by atoms with E-state index in [-0.39, 0.29) is 11.9 Å². The number of allylic oxidation sites excluding steroid dienone is 2. The number of rotatable bonds is 7. The van der Waals surface area contributed by atoms with Gasteiger partial charge in [0, 0.05) is 17.5 Å². The first-order valence-corrected chi connectivity index (χ1v) is 9.81. The third kappa shape index (κ3) is 3.50. The molecule has 0 aromatic carbocycles. The van der Waals surface area contributed by atoms with Crippen LogP contribution in [0.4, 0.5) is 0 Å². The van der Waals surface area contributed by atoms with Crippen molar-refractivity contribution >= 4 is 5.91 Å². The maximum Gasteiger partial charge on any atom is 0.261 e.